The molecule has 0 spiro atoms. The molecule has 192 valence electrons. The smallest absolute Gasteiger partial charge is 0.180 e. The van der Waals surface area contributed by atoms with Crippen LogP contribution >= 0.6 is 0 Å². The Kier molecular flexibility index (Phi) is 6.48. The maximum Gasteiger partial charge on any atom is 0.180 e. The van der Waals surface area contributed by atoms with Gasteiger partial charge in [-0.25, -0.2) is 23.4 Å². The molecule has 0 aliphatic carbocycles. The lowest BCUT2D eigenvalue weighted by Crippen LogP contribution is -2.23. The van der Waals surface area contributed by atoms with Crippen LogP contribution in [-0.2, 0) is 22.8 Å². The lowest BCUT2D eigenvalue weighted by Gasteiger charge is -2.18. The van der Waals surface area contributed by atoms with Crippen molar-refractivity contribution < 1.29 is 13.2 Å². The van der Waals surface area contributed by atoms with E-state index in [1.165, 1.54) is 17.5 Å². The van der Waals surface area contributed by atoms with E-state index in [1.807, 2.05) is 18.3 Å². The molecule has 0 fully saturated rings. The van der Waals surface area contributed by atoms with E-state index < -0.39 is 9.84 Å². The minimum atomic E-state index is -3.39. The van der Waals surface area contributed by atoms with Crippen LogP contribution in [-0.4, -0.2) is 47.2 Å². The van der Waals surface area contributed by atoms with E-state index in [-0.39, 0.29) is 12.3 Å². The molecule has 0 bridgehead atoms. The summed E-state index contributed by atoms with van der Waals surface area (Å²) in [4.78, 5) is 16.7. The molecule has 10 heteroatoms. The Balaban J connectivity index is 1.24. The molecular weight excluding hydrogens is 500 g/mol. The summed E-state index contributed by atoms with van der Waals surface area (Å²) >= 11 is 0. The molecule has 1 aliphatic heterocycles. The van der Waals surface area contributed by atoms with Crippen molar-refractivity contribution >= 4 is 26.7 Å². The van der Waals surface area contributed by atoms with E-state index in [9.17, 15) is 8.42 Å². The summed E-state index contributed by atoms with van der Waals surface area (Å²) in [6, 6.07) is 18.3. The van der Waals surface area contributed by atoms with E-state index in [1.54, 1.807) is 42.6 Å². The molecule has 0 unspecified atom stereocenters. The van der Waals surface area contributed by atoms with Gasteiger partial charge in [0.25, 0.3) is 0 Å². The van der Waals surface area contributed by atoms with Crippen LogP contribution in [0, 0.1) is 0 Å². The molecule has 9 nitrogen and oxygen atoms in total. The highest BCUT2D eigenvalue weighted by Crippen LogP contribution is 2.36. The van der Waals surface area contributed by atoms with Gasteiger partial charge in [0.1, 0.15) is 29.3 Å². The number of nitrogens with zero attached hydrogens (tertiary/aromatic N) is 3. The molecule has 2 aromatic carbocycles. The van der Waals surface area contributed by atoms with Gasteiger partial charge >= 0.3 is 0 Å². The highest BCUT2D eigenvalue weighted by molar-refractivity contribution is 7.91. The number of benzene rings is 2. The molecule has 3 N–H and O–H groups in total. The minimum absolute atomic E-state index is 0.0539. The van der Waals surface area contributed by atoms with E-state index >= 15 is 0 Å². The van der Waals surface area contributed by atoms with Gasteiger partial charge in [0, 0.05) is 37.1 Å². The average Bonchev–Trinajstić information content (AvgIpc) is 3.39. The first-order chi connectivity index (χ1) is 18.6. The lowest BCUT2D eigenvalue weighted by molar-refractivity contribution is 0.485. The van der Waals surface area contributed by atoms with Crippen LogP contribution < -0.4 is 15.4 Å². The molecule has 0 saturated carbocycles. The zero-order chi connectivity index (χ0) is 26.0. The number of anilines is 1. The normalized spacial score (nSPS) is 13.3. The van der Waals surface area contributed by atoms with Crippen molar-refractivity contribution in [3.8, 4) is 22.8 Å². The number of H-pyrrole nitrogens is 1. The van der Waals surface area contributed by atoms with Gasteiger partial charge in [-0.1, -0.05) is 24.3 Å². The largest absolute Gasteiger partial charge is 0.457 e. The van der Waals surface area contributed by atoms with E-state index in [0.717, 1.165) is 36.2 Å². The number of pyridine rings is 1. The van der Waals surface area contributed by atoms with Crippen LogP contribution in [0.4, 0.5) is 5.82 Å². The summed E-state index contributed by atoms with van der Waals surface area (Å²) in [6.45, 7) is 2.03. The number of rotatable bonds is 8. The van der Waals surface area contributed by atoms with Crippen molar-refractivity contribution in [3.05, 3.63) is 90.5 Å². The van der Waals surface area contributed by atoms with Gasteiger partial charge < -0.3 is 20.4 Å². The predicted octanol–water partition coefficient (Wildman–Crippen LogP) is 4.34. The van der Waals surface area contributed by atoms with Crippen molar-refractivity contribution in [2.24, 2.45) is 0 Å². The van der Waals surface area contributed by atoms with E-state index in [2.05, 4.69) is 42.7 Å². The molecule has 4 heterocycles. The highest BCUT2D eigenvalue weighted by atomic mass is 32.2. The summed E-state index contributed by atoms with van der Waals surface area (Å²) in [5.41, 5.74) is 4.74. The quantitative estimate of drug-likeness (QED) is 0.273. The van der Waals surface area contributed by atoms with Crippen LogP contribution in [0.25, 0.3) is 22.3 Å². The fourth-order valence-corrected chi connectivity index (χ4v) is 5.80. The first-order valence-electron chi connectivity index (χ1n) is 12.4. The number of aromatic amines is 1. The second-order valence-electron chi connectivity index (χ2n) is 9.04. The number of aromatic nitrogens is 4. The van der Waals surface area contributed by atoms with Crippen LogP contribution in [0.15, 0.2) is 84.3 Å². The SMILES string of the molecule is O=S(=O)(CCNc1cc(-c2c[nH]c3nccc(Oc4ccc5c(c4)CNCC5)c23)ncn1)c1ccccc1. The topological polar surface area (TPSA) is 122 Å². The van der Waals surface area contributed by atoms with Gasteiger partial charge in [0.05, 0.1) is 21.7 Å². The molecule has 3 aromatic heterocycles. The van der Waals surface area contributed by atoms with Gasteiger partial charge in [-0.05, 0) is 54.4 Å². The van der Waals surface area contributed by atoms with Crippen molar-refractivity contribution in [1.29, 1.82) is 0 Å². The first kappa shape index (κ1) is 24.1. The maximum absolute atomic E-state index is 12.6. The van der Waals surface area contributed by atoms with Crippen molar-refractivity contribution in [2.45, 2.75) is 17.9 Å². The Labute approximate surface area is 220 Å². The molecule has 38 heavy (non-hydrogen) atoms. The number of hydrogen-bond donors (Lipinski definition) is 3. The van der Waals surface area contributed by atoms with Crippen molar-refractivity contribution in [1.82, 2.24) is 25.3 Å². The summed E-state index contributed by atoms with van der Waals surface area (Å²) < 4.78 is 31.5. The van der Waals surface area contributed by atoms with Gasteiger partial charge in [-0.15, -0.1) is 0 Å². The maximum atomic E-state index is 12.6. The second-order valence-corrected chi connectivity index (χ2v) is 11.2. The Bertz CT molecular complexity index is 1700. The number of hydrogen-bond acceptors (Lipinski definition) is 8. The molecule has 1 aliphatic rings. The molecule has 0 radical (unpaired) electrons. The minimum Gasteiger partial charge on any atom is -0.457 e. The third-order valence-electron chi connectivity index (χ3n) is 6.55. The van der Waals surface area contributed by atoms with E-state index in [0.29, 0.717) is 27.8 Å². The summed E-state index contributed by atoms with van der Waals surface area (Å²) in [7, 11) is -3.39. The van der Waals surface area contributed by atoms with Gasteiger partial charge in [-0.2, -0.15) is 0 Å². The molecule has 0 atom stereocenters. The molecular formula is C28H26N6O3S. The highest BCUT2D eigenvalue weighted by Gasteiger charge is 2.17. The standard InChI is InChI=1S/C28H26N6O3S/c35-38(36,22-4-2-1-3-5-22)13-12-30-26-15-24(33-18-34-26)23-17-32-28-27(23)25(9-11-31-28)37-21-7-6-19-8-10-29-16-20(19)14-21/h1-7,9,11,14-15,17-18,29H,8,10,12-13,16H2,(H,31,32)(H,30,33,34). The Hall–Kier alpha value is -4.28. The second kappa shape index (κ2) is 10.2. The molecule has 6 rings (SSSR count). The van der Waals surface area contributed by atoms with Crippen LogP contribution in [0.2, 0.25) is 0 Å². The third kappa shape index (κ3) is 4.96. The van der Waals surface area contributed by atoms with Gasteiger partial charge in [0.15, 0.2) is 9.84 Å². The van der Waals surface area contributed by atoms with Crippen molar-refractivity contribution in [3.63, 3.8) is 0 Å². The lowest BCUT2D eigenvalue weighted by atomic mass is 10.0. The van der Waals surface area contributed by atoms with Crippen LogP contribution in [0.5, 0.6) is 11.5 Å². The Morgan fingerprint density at radius 1 is 0.974 bits per heavy atom. The Morgan fingerprint density at radius 2 is 1.87 bits per heavy atom. The van der Waals surface area contributed by atoms with Gasteiger partial charge in [-0.3, -0.25) is 0 Å². The van der Waals surface area contributed by atoms with E-state index in [4.69, 9.17) is 4.74 Å². The number of fused-ring (bicyclic) bond motifs is 2. The average molecular weight is 527 g/mol. The zero-order valence-corrected chi connectivity index (χ0v) is 21.3. The van der Waals surface area contributed by atoms with Gasteiger partial charge in [0.2, 0.25) is 0 Å². The summed E-state index contributed by atoms with van der Waals surface area (Å²) in [6.07, 6.45) is 6.01. The third-order valence-corrected chi connectivity index (χ3v) is 8.28. The number of nitrogens with one attached hydrogen (secondary N) is 3. The summed E-state index contributed by atoms with van der Waals surface area (Å²) in [5, 5.41) is 7.32. The predicted molar refractivity (Wildman–Crippen MR) is 146 cm³/mol. The number of sulfone groups is 1. The molecule has 5 aromatic rings. The van der Waals surface area contributed by atoms with Crippen LogP contribution in [0.3, 0.4) is 0 Å². The monoisotopic (exact) mass is 526 g/mol. The van der Waals surface area contributed by atoms with Crippen molar-refractivity contribution in [2.75, 3.05) is 24.2 Å². The first-order valence-corrected chi connectivity index (χ1v) is 14.0. The summed E-state index contributed by atoms with van der Waals surface area (Å²) in [5.74, 6) is 1.90. The fourth-order valence-electron chi connectivity index (χ4n) is 4.62. The zero-order valence-electron chi connectivity index (χ0n) is 20.5. The molecule has 0 amide bonds. The molecule has 0 saturated heterocycles. The Morgan fingerprint density at radius 3 is 2.76 bits per heavy atom. The fraction of sp³-hybridized carbons (Fsp3) is 0.179. The number of ether oxygens (including phenoxy) is 1. The van der Waals surface area contributed by atoms with Crippen LogP contribution in [0.1, 0.15) is 11.1 Å².